The highest BCUT2D eigenvalue weighted by Crippen LogP contribution is 2.24. The first-order valence-electron chi connectivity index (χ1n) is 7.93. The molecule has 4 rings (SSSR count). The van der Waals surface area contributed by atoms with Crippen molar-refractivity contribution in [2.75, 3.05) is 5.32 Å². The summed E-state index contributed by atoms with van der Waals surface area (Å²) in [6, 6.07) is 14.4. The van der Waals surface area contributed by atoms with E-state index in [2.05, 4.69) is 20.5 Å². The minimum Gasteiger partial charge on any atom is -0.321 e. The number of anilines is 1. The summed E-state index contributed by atoms with van der Waals surface area (Å²) in [6.45, 7) is 1.95. The van der Waals surface area contributed by atoms with E-state index in [9.17, 15) is 9.59 Å². The molecule has 0 aliphatic heterocycles. The van der Waals surface area contributed by atoms with Crippen molar-refractivity contribution in [2.24, 2.45) is 0 Å². The van der Waals surface area contributed by atoms with Crippen LogP contribution in [0.4, 0.5) is 5.69 Å². The Balaban J connectivity index is 1.67. The van der Waals surface area contributed by atoms with Crippen LogP contribution in [0.1, 0.15) is 15.5 Å². The van der Waals surface area contributed by atoms with E-state index in [1.165, 1.54) is 0 Å². The second-order valence-corrected chi connectivity index (χ2v) is 6.80. The van der Waals surface area contributed by atoms with Crippen molar-refractivity contribution < 1.29 is 4.79 Å². The Morgan fingerprint density at radius 1 is 1.12 bits per heavy atom. The summed E-state index contributed by atoms with van der Waals surface area (Å²) >= 11 is 1.58. The Hall–Kier alpha value is -3.32. The van der Waals surface area contributed by atoms with Gasteiger partial charge in [-0.3, -0.25) is 9.59 Å². The number of rotatable bonds is 3. The third kappa shape index (κ3) is 3.00. The van der Waals surface area contributed by atoms with E-state index in [1.54, 1.807) is 41.7 Å². The van der Waals surface area contributed by atoms with Gasteiger partial charge in [-0.25, -0.2) is 10.1 Å². The SMILES string of the molecule is Cc1nc(-c2cccc(NC(=O)c3n[nH]c(=O)c4ccccc34)c2)cs1. The number of H-pyrrole nitrogens is 1. The first-order chi connectivity index (χ1) is 12.6. The van der Waals surface area contributed by atoms with Gasteiger partial charge in [-0.15, -0.1) is 11.3 Å². The summed E-state index contributed by atoms with van der Waals surface area (Å²) in [5.41, 5.74) is 2.28. The van der Waals surface area contributed by atoms with Crippen molar-refractivity contribution in [1.82, 2.24) is 15.2 Å². The maximum atomic E-state index is 12.7. The number of carbonyl (C=O) groups excluding carboxylic acids is 1. The summed E-state index contributed by atoms with van der Waals surface area (Å²) in [5, 5.41) is 13.0. The standard InChI is InChI=1S/C19H14N4O2S/c1-11-20-16(10-26-11)12-5-4-6-13(9-12)21-19(25)17-14-7-2-3-8-15(14)18(24)23-22-17/h2-10H,1H3,(H,21,25)(H,23,24). The van der Waals surface area contributed by atoms with E-state index in [0.29, 0.717) is 16.5 Å². The Labute approximate surface area is 152 Å². The number of hydrogen-bond donors (Lipinski definition) is 2. The minimum absolute atomic E-state index is 0.176. The Morgan fingerprint density at radius 3 is 2.69 bits per heavy atom. The second-order valence-electron chi connectivity index (χ2n) is 5.73. The predicted molar refractivity (Wildman–Crippen MR) is 103 cm³/mol. The number of hydrogen-bond acceptors (Lipinski definition) is 5. The van der Waals surface area contributed by atoms with Gasteiger partial charge in [0.05, 0.1) is 16.1 Å². The van der Waals surface area contributed by atoms with Crippen molar-refractivity contribution in [3.05, 3.63) is 75.0 Å². The molecule has 0 radical (unpaired) electrons. The number of thiazole rings is 1. The molecule has 0 bridgehead atoms. The smallest absolute Gasteiger partial charge is 0.276 e. The van der Waals surface area contributed by atoms with Gasteiger partial charge in [0.1, 0.15) is 0 Å². The molecular formula is C19H14N4O2S. The number of aryl methyl sites for hydroxylation is 1. The molecular weight excluding hydrogens is 348 g/mol. The van der Waals surface area contributed by atoms with Crippen LogP contribution in [0.15, 0.2) is 58.7 Å². The number of amides is 1. The van der Waals surface area contributed by atoms with Gasteiger partial charge in [-0.05, 0) is 25.1 Å². The third-order valence-corrected chi connectivity index (χ3v) is 4.72. The van der Waals surface area contributed by atoms with E-state index >= 15 is 0 Å². The maximum Gasteiger partial charge on any atom is 0.276 e. The monoisotopic (exact) mass is 362 g/mol. The van der Waals surface area contributed by atoms with Crippen LogP contribution in [0.5, 0.6) is 0 Å². The molecule has 2 aromatic carbocycles. The first kappa shape index (κ1) is 16.2. The van der Waals surface area contributed by atoms with Crippen LogP contribution in [0.2, 0.25) is 0 Å². The summed E-state index contributed by atoms with van der Waals surface area (Å²) < 4.78 is 0. The van der Waals surface area contributed by atoms with Gasteiger partial charge >= 0.3 is 0 Å². The van der Waals surface area contributed by atoms with Gasteiger partial charge in [0.2, 0.25) is 0 Å². The molecule has 7 heteroatoms. The molecule has 2 heterocycles. The molecule has 0 fully saturated rings. The molecule has 0 saturated heterocycles. The van der Waals surface area contributed by atoms with Crippen LogP contribution in [0, 0.1) is 6.92 Å². The van der Waals surface area contributed by atoms with Crippen molar-refractivity contribution in [2.45, 2.75) is 6.92 Å². The van der Waals surface area contributed by atoms with Gasteiger partial charge < -0.3 is 5.32 Å². The van der Waals surface area contributed by atoms with Gasteiger partial charge in [0, 0.05) is 22.0 Å². The van der Waals surface area contributed by atoms with Crippen LogP contribution in [0.3, 0.4) is 0 Å². The number of benzene rings is 2. The van der Waals surface area contributed by atoms with E-state index in [1.807, 2.05) is 30.5 Å². The summed E-state index contributed by atoms with van der Waals surface area (Å²) in [5.74, 6) is -0.385. The zero-order chi connectivity index (χ0) is 18.1. The molecule has 0 atom stereocenters. The van der Waals surface area contributed by atoms with E-state index < -0.39 is 0 Å². The molecule has 2 aromatic heterocycles. The van der Waals surface area contributed by atoms with Gasteiger partial charge in [-0.1, -0.05) is 30.3 Å². The highest BCUT2D eigenvalue weighted by molar-refractivity contribution is 7.09. The lowest BCUT2D eigenvalue weighted by atomic mass is 10.1. The zero-order valence-electron chi connectivity index (χ0n) is 13.8. The molecule has 4 aromatic rings. The second kappa shape index (κ2) is 6.53. The fourth-order valence-corrected chi connectivity index (χ4v) is 3.35. The van der Waals surface area contributed by atoms with Crippen LogP contribution in [-0.4, -0.2) is 21.1 Å². The fourth-order valence-electron chi connectivity index (χ4n) is 2.73. The fraction of sp³-hybridized carbons (Fsp3) is 0.0526. The van der Waals surface area contributed by atoms with Gasteiger partial charge in [-0.2, -0.15) is 5.10 Å². The van der Waals surface area contributed by atoms with E-state index in [0.717, 1.165) is 16.3 Å². The number of carbonyl (C=O) groups is 1. The predicted octanol–water partition coefficient (Wildman–Crippen LogP) is 3.61. The van der Waals surface area contributed by atoms with Crippen LogP contribution in [-0.2, 0) is 0 Å². The van der Waals surface area contributed by atoms with Crippen LogP contribution >= 0.6 is 11.3 Å². The van der Waals surface area contributed by atoms with Crippen molar-refractivity contribution in [3.8, 4) is 11.3 Å². The lowest BCUT2D eigenvalue weighted by Crippen LogP contribution is -2.19. The third-order valence-electron chi connectivity index (χ3n) is 3.95. The molecule has 26 heavy (non-hydrogen) atoms. The highest BCUT2D eigenvalue weighted by Gasteiger charge is 2.14. The van der Waals surface area contributed by atoms with Crippen LogP contribution in [0.25, 0.3) is 22.0 Å². The van der Waals surface area contributed by atoms with Crippen molar-refractivity contribution in [3.63, 3.8) is 0 Å². The molecule has 0 aliphatic carbocycles. The molecule has 1 amide bonds. The van der Waals surface area contributed by atoms with Crippen molar-refractivity contribution in [1.29, 1.82) is 0 Å². The quantitative estimate of drug-likeness (QED) is 0.583. The van der Waals surface area contributed by atoms with Crippen molar-refractivity contribution >= 4 is 33.7 Å². The number of nitrogens with zero attached hydrogens (tertiary/aromatic N) is 2. The Kier molecular flexibility index (Phi) is 4.06. The zero-order valence-corrected chi connectivity index (χ0v) is 14.6. The highest BCUT2D eigenvalue weighted by atomic mass is 32.1. The number of nitrogens with one attached hydrogen (secondary N) is 2. The van der Waals surface area contributed by atoms with Crippen LogP contribution < -0.4 is 10.9 Å². The van der Waals surface area contributed by atoms with E-state index in [4.69, 9.17) is 0 Å². The summed E-state index contributed by atoms with van der Waals surface area (Å²) in [7, 11) is 0. The Morgan fingerprint density at radius 2 is 1.92 bits per heavy atom. The lowest BCUT2D eigenvalue weighted by Gasteiger charge is -2.08. The average molecular weight is 362 g/mol. The van der Waals surface area contributed by atoms with Gasteiger partial charge in [0.25, 0.3) is 11.5 Å². The van der Waals surface area contributed by atoms with Gasteiger partial charge in [0.15, 0.2) is 5.69 Å². The molecule has 0 unspecified atom stereocenters. The molecule has 0 aliphatic rings. The maximum absolute atomic E-state index is 12.7. The minimum atomic E-state index is -0.385. The molecule has 0 spiro atoms. The average Bonchev–Trinajstić information content (AvgIpc) is 3.09. The number of fused-ring (bicyclic) bond motifs is 1. The molecule has 2 N–H and O–H groups in total. The largest absolute Gasteiger partial charge is 0.321 e. The number of aromatic amines is 1. The topological polar surface area (TPSA) is 87.7 Å². The molecule has 6 nitrogen and oxygen atoms in total. The van der Waals surface area contributed by atoms with E-state index in [-0.39, 0.29) is 17.2 Å². The Bertz CT molecular complexity index is 1180. The summed E-state index contributed by atoms with van der Waals surface area (Å²) in [4.78, 5) is 29.0. The summed E-state index contributed by atoms with van der Waals surface area (Å²) in [6.07, 6.45) is 0. The number of aromatic nitrogens is 3. The molecule has 128 valence electrons. The first-order valence-corrected chi connectivity index (χ1v) is 8.81. The lowest BCUT2D eigenvalue weighted by molar-refractivity contribution is 0.102. The normalized spacial score (nSPS) is 10.8. The molecule has 0 saturated carbocycles.